The van der Waals surface area contributed by atoms with E-state index in [0.29, 0.717) is 16.4 Å². The molecule has 0 radical (unpaired) electrons. The Labute approximate surface area is 133 Å². The molecule has 0 unspecified atom stereocenters. The first-order chi connectivity index (χ1) is 10.6. The summed E-state index contributed by atoms with van der Waals surface area (Å²) in [5.41, 5.74) is 2.10. The molecule has 0 aliphatic rings. The highest BCUT2D eigenvalue weighted by Crippen LogP contribution is 2.16. The van der Waals surface area contributed by atoms with Gasteiger partial charge >= 0.3 is 6.03 Å². The average molecular weight is 318 g/mol. The first-order valence-corrected chi connectivity index (χ1v) is 7.08. The molecule has 0 saturated carbocycles. The van der Waals surface area contributed by atoms with Gasteiger partial charge < -0.3 is 16.0 Å². The summed E-state index contributed by atoms with van der Waals surface area (Å²) < 4.78 is 0. The summed E-state index contributed by atoms with van der Waals surface area (Å²) in [6.45, 7) is 0. The van der Waals surface area contributed by atoms with E-state index in [4.69, 9.17) is 11.6 Å². The van der Waals surface area contributed by atoms with Crippen molar-refractivity contribution in [3.05, 3.63) is 59.1 Å². The fourth-order valence-electron chi connectivity index (χ4n) is 1.86. The van der Waals surface area contributed by atoms with E-state index in [9.17, 15) is 9.59 Å². The van der Waals surface area contributed by atoms with Gasteiger partial charge in [-0.2, -0.15) is 0 Å². The molecule has 0 saturated heterocycles. The lowest BCUT2D eigenvalue weighted by Gasteiger charge is -2.08. The number of halogens is 1. The Kier molecular flexibility index (Phi) is 5.38. The minimum Gasteiger partial charge on any atom is -0.341 e. The molecule has 2 aromatic rings. The maximum absolute atomic E-state index is 12.0. The zero-order chi connectivity index (χ0) is 15.9. The quantitative estimate of drug-likeness (QED) is 0.810. The molecule has 0 spiro atoms. The Morgan fingerprint density at radius 2 is 1.64 bits per heavy atom. The maximum Gasteiger partial charge on any atom is 0.318 e. The number of rotatable bonds is 4. The van der Waals surface area contributed by atoms with Crippen LogP contribution in [-0.4, -0.2) is 19.0 Å². The van der Waals surface area contributed by atoms with Crippen molar-refractivity contribution in [2.24, 2.45) is 0 Å². The third-order valence-corrected chi connectivity index (χ3v) is 3.16. The summed E-state index contributed by atoms with van der Waals surface area (Å²) in [6, 6.07) is 13.7. The van der Waals surface area contributed by atoms with Crippen LogP contribution in [-0.2, 0) is 11.2 Å². The molecule has 0 aliphatic carbocycles. The Balaban J connectivity index is 1.97. The molecule has 114 valence electrons. The van der Waals surface area contributed by atoms with Gasteiger partial charge in [-0.25, -0.2) is 4.79 Å². The standard InChI is InChI=1S/C16H16ClN3O2/c1-18-16(22)20-14-4-2-3-13(10-14)19-15(21)9-11-5-7-12(17)8-6-11/h2-8,10H,9H2,1H3,(H,19,21)(H2,18,20,22). The molecule has 0 bridgehead atoms. The zero-order valence-electron chi connectivity index (χ0n) is 12.0. The number of amides is 3. The van der Waals surface area contributed by atoms with E-state index >= 15 is 0 Å². The number of carbonyl (C=O) groups is 2. The first kappa shape index (κ1) is 15.9. The topological polar surface area (TPSA) is 70.2 Å². The molecule has 2 aromatic carbocycles. The lowest BCUT2D eigenvalue weighted by atomic mass is 10.1. The van der Waals surface area contributed by atoms with E-state index in [1.807, 2.05) is 12.1 Å². The minimum absolute atomic E-state index is 0.139. The summed E-state index contributed by atoms with van der Waals surface area (Å²) in [7, 11) is 1.53. The van der Waals surface area contributed by atoms with Crippen molar-refractivity contribution in [1.82, 2.24) is 5.32 Å². The van der Waals surface area contributed by atoms with Crippen LogP contribution in [0.2, 0.25) is 5.02 Å². The van der Waals surface area contributed by atoms with Crippen LogP contribution in [0, 0.1) is 0 Å². The van der Waals surface area contributed by atoms with Crippen LogP contribution in [0.4, 0.5) is 16.2 Å². The lowest BCUT2D eigenvalue weighted by Crippen LogP contribution is -2.24. The van der Waals surface area contributed by atoms with Gasteiger partial charge in [0.1, 0.15) is 0 Å². The lowest BCUT2D eigenvalue weighted by molar-refractivity contribution is -0.115. The molecule has 0 aliphatic heterocycles. The van der Waals surface area contributed by atoms with E-state index in [2.05, 4.69) is 16.0 Å². The van der Waals surface area contributed by atoms with Gasteiger partial charge in [0.2, 0.25) is 5.91 Å². The summed E-state index contributed by atoms with van der Waals surface area (Å²) in [4.78, 5) is 23.3. The number of carbonyl (C=O) groups excluding carboxylic acids is 2. The van der Waals surface area contributed by atoms with Gasteiger partial charge in [-0.15, -0.1) is 0 Å². The average Bonchev–Trinajstić information content (AvgIpc) is 2.49. The largest absolute Gasteiger partial charge is 0.341 e. The zero-order valence-corrected chi connectivity index (χ0v) is 12.8. The van der Waals surface area contributed by atoms with E-state index in [1.54, 1.807) is 36.4 Å². The number of nitrogens with one attached hydrogen (secondary N) is 3. The highest BCUT2D eigenvalue weighted by atomic mass is 35.5. The Bertz CT molecular complexity index is 671. The van der Waals surface area contributed by atoms with E-state index in [0.717, 1.165) is 5.56 Å². The first-order valence-electron chi connectivity index (χ1n) is 6.70. The Morgan fingerprint density at radius 1 is 1.00 bits per heavy atom. The van der Waals surface area contributed by atoms with Crippen LogP contribution in [0.1, 0.15) is 5.56 Å². The van der Waals surface area contributed by atoms with Crippen LogP contribution in [0.5, 0.6) is 0 Å². The van der Waals surface area contributed by atoms with Crippen molar-refractivity contribution in [3.8, 4) is 0 Å². The normalized spacial score (nSPS) is 9.91. The highest BCUT2D eigenvalue weighted by Gasteiger charge is 2.05. The van der Waals surface area contributed by atoms with Gasteiger partial charge in [0.05, 0.1) is 6.42 Å². The number of benzene rings is 2. The van der Waals surface area contributed by atoms with Crippen molar-refractivity contribution in [2.75, 3.05) is 17.7 Å². The fourth-order valence-corrected chi connectivity index (χ4v) is 1.99. The van der Waals surface area contributed by atoms with Crippen LogP contribution in [0.15, 0.2) is 48.5 Å². The molecule has 0 aromatic heterocycles. The number of hydrogen-bond acceptors (Lipinski definition) is 2. The van der Waals surface area contributed by atoms with Gasteiger partial charge in [-0.1, -0.05) is 29.8 Å². The molecule has 22 heavy (non-hydrogen) atoms. The van der Waals surface area contributed by atoms with Crippen LogP contribution < -0.4 is 16.0 Å². The monoisotopic (exact) mass is 317 g/mol. The Hall–Kier alpha value is -2.53. The van der Waals surface area contributed by atoms with Crippen molar-refractivity contribution in [1.29, 1.82) is 0 Å². The van der Waals surface area contributed by atoms with Gasteiger partial charge in [0, 0.05) is 23.4 Å². The molecular formula is C16H16ClN3O2. The summed E-state index contributed by atoms with van der Waals surface area (Å²) in [5.74, 6) is -0.139. The van der Waals surface area contributed by atoms with Gasteiger partial charge in [0.15, 0.2) is 0 Å². The smallest absolute Gasteiger partial charge is 0.318 e. The molecule has 3 N–H and O–H groups in total. The highest BCUT2D eigenvalue weighted by molar-refractivity contribution is 6.30. The second kappa shape index (κ2) is 7.47. The molecule has 6 heteroatoms. The van der Waals surface area contributed by atoms with Crippen LogP contribution >= 0.6 is 11.6 Å². The molecule has 0 heterocycles. The summed E-state index contributed by atoms with van der Waals surface area (Å²) in [6.07, 6.45) is 0.254. The molecule has 2 rings (SSSR count). The van der Waals surface area contributed by atoms with E-state index in [-0.39, 0.29) is 18.4 Å². The van der Waals surface area contributed by atoms with Crippen molar-refractivity contribution in [3.63, 3.8) is 0 Å². The maximum atomic E-state index is 12.0. The van der Waals surface area contributed by atoms with Gasteiger partial charge in [0.25, 0.3) is 0 Å². The predicted molar refractivity (Wildman–Crippen MR) is 88.3 cm³/mol. The third-order valence-electron chi connectivity index (χ3n) is 2.91. The van der Waals surface area contributed by atoms with Crippen LogP contribution in [0.3, 0.4) is 0 Å². The second-order valence-electron chi connectivity index (χ2n) is 4.64. The minimum atomic E-state index is -0.315. The summed E-state index contributed by atoms with van der Waals surface area (Å²) in [5, 5.41) is 8.54. The SMILES string of the molecule is CNC(=O)Nc1cccc(NC(=O)Cc2ccc(Cl)cc2)c1. The van der Waals surface area contributed by atoms with E-state index < -0.39 is 0 Å². The number of hydrogen-bond donors (Lipinski definition) is 3. The van der Waals surface area contributed by atoms with E-state index in [1.165, 1.54) is 7.05 Å². The fraction of sp³-hybridized carbons (Fsp3) is 0.125. The molecule has 0 fully saturated rings. The van der Waals surface area contributed by atoms with Crippen molar-refractivity contribution < 1.29 is 9.59 Å². The third kappa shape index (κ3) is 4.79. The van der Waals surface area contributed by atoms with Gasteiger partial charge in [-0.3, -0.25) is 4.79 Å². The second-order valence-corrected chi connectivity index (χ2v) is 5.07. The number of urea groups is 1. The molecule has 3 amide bonds. The summed E-state index contributed by atoms with van der Waals surface area (Å²) >= 11 is 5.81. The van der Waals surface area contributed by atoms with Crippen LogP contribution in [0.25, 0.3) is 0 Å². The van der Waals surface area contributed by atoms with Crippen molar-refractivity contribution in [2.45, 2.75) is 6.42 Å². The Morgan fingerprint density at radius 3 is 2.27 bits per heavy atom. The van der Waals surface area contributed by atoms with Gasteiger partial charge in [-0.05, 0) is 35.9 Å². The number of anilines is 2. The predicted octanol–water partition coefficient (Wildman–Crippen LogP) is 3.27. The molecule has 0 atom stereocenters. The molecule has 5 nitrogen and oxygen atoms in total. The van der Waals surface area contributed by atoms with Crippen molar-refractivity contribution >= 4 is 34.9 Å². The molecular weight excluding hydrogens is 302 g/mol.